The molecule has 0 aromatic rings. The quantitative estimate of drug-likeness (QED) is 0.722. The van der Waals surface area contributed by atoms with E-state index in [-0.39, 0.29) is 22.5 Å². The molecule has 4 heteroatoms. The van der Waals surface area contributed by atoms with Gasteiger partial charge >= 0.3 is 5.97 Å². The lowest BCUT2D eigenvalue weighted by Crippen LogP contribution is -2.54. The third kappa shape index (κ3) is 1.84. The highest BCUT2D eigenvalue weighted by atomic mass is 16.4. The van der Waals surface area contributed by atoms with E-state index in [0.29, 0.717) is 24.2 Å². The van der Waals surface area contributed by atoms with Crippen molar-refractivity contribution in [2.24, 2.45) is 40.4 Å². The molecule has 0 radical (unpaired) electrons. The van der Waals surface area contributed by atoms with Crippen molar-refractivity contribution >= 4 is 11.8 Å². The van der Waals surface area contributed by atoms with E-state index in [2.05, 4.69) is 13.8 Å². The van der Waals surface area contributed by atoms with Gasteiger partial charge in [-0.3, -0.25) is 9.59 Å². The minimum Gasteiger partial charge on any atom is -0.481 e. The van der Waals surface area contributed by atoms with Gasteiger partial charge in [0.05, 0.1) is 5.60 Å². The first-order valence-corrected chi connectivity index (χ1v) is 9.60. The molecule has 2 N–H and O–H groups in total. The molecule has 0 aromatic carbocycles. The Labute approximate surface area is 144 Å². The molecule has 0 aromatic heterocycles. The SMILES string of the molecule is C[C@]12CC(=O)C(C(=O)O)[C@@H]1CC[C@@H]1[C@@H]2CC[C@@]2(C)[C@H]1CC[C@]2(C)O. The van der Waals surface area contributed by atoms with Crippen LogP contribution >= 0.6 is 0 Å². The second-order valence-electron chi connectivity index (χ2n) is 9.79. The second kappa shape index (κ2) is 4.84. The van der Waals surface area contributed by atoms with Crippen LogP contribution in [-0.4, -0.2) is 27.6 Å². The normalized spacial score (nSPS) is 56.5. The number of carboxylic acid groups (broad SMARTS) is 1. The molecule has 1 unspecified atom stereocenters. The maximum absolute atomic E-state index is 12.4. The molecule has 0 saturated heterocycles. The fourth-order valence-electron chi connectivity index (χ4n) is 7.56. The molecule has 4 aliphatic carbocycles. The van der Waals surface area contributed by atoms with E-state index in [1.165, 1.54) is 0 Å². The molecule has 4 fully saturated rings. The maximum Gasteiger partial charge on any atom is 0.314 e. The van der Waals surface area contributed by atoms with Crippen LogP contribution in [0, 0.1) is 40.4 Å². The summed E-state index contributed by atoms with van der Waals surface area (Å²) in [5, 5.41) is 20.5. The number of carbonyl (C=O) groups is 2. The summed E-state index contributed by atoms with van der Waals surface area (Å²) in [4.78, 5) is 24.1. The van der Waals surface area contributed by atoms with Gasteiger partial charge in [0, 0.05) is 6.42 Å². The van der Waals surface area contributed by atoms with Crippen molar-refractivity contribution in [2.75, 3.05) is 0 Å². The van der Waals surface area contributed by atoms with E-state index in [4.69, 9.17) is 0 Å². The molecule has 0 amide bonds. The molecule has 4 nitrogen and oxygen atoms in total. The predicted molar refractivity (Wildman–Crippen MR) is 89.2 cm³/mol. The van der Waals surface area contributed by atoms with Gasteiger partial charge in [0.2, 0.25) is 0 Å². The Bertz CT molecular complexity index is 596. The zero-order valence-corrected chi connectivity index (χ0v) is 15.0. The number of aliphatic carboxylic acids is 1. The summed E-state index contributed by atoms with van der Waals surface area (Å²) in [6, 6.07) is 0. The Morgan fingerprint density at radius 3 is 2.33 bits per heavy atom. The molecule has 0 spiro atoms. The van der Waals surface area contributed by atoms with Crippen molar-refractivity contribution in [3.05, 3.63) is 0 Å². The van der Waals surface area contributed by atoms with Gasteiger partial charge in [0.25, 0.3) is 0 Å². The molecule has 4 aliphatic rings. The largest absolute Gasteiger partial charge is 0.481 e. The fourth-order valence-corrected chi connectivity index (χ4v) is 7.56. The van der Waals surface area contributed by atoms with Gasteiger partial charge in [-0.2, -0.15) is 0 Å². The number of fused-ring (bicyclic) bond motifs is 5. The van der Waals surface area contributed by atoms with Crippen molar-refractivity contribution in [1.82, 2.24) is 0 Å². The van der Waals surface area contributed by atoms with Crippen LogP contribution in [0.3, 0.4) is 0 Å². The summed E-state index contributed by atoms with van der Waals surface area (Å²) in [5.74, 6) is -0.246. The highest BCUT2D eigenvalue weighted by Crippen LogP contribution is 2.69. The van der Waals surface area contributed by atoms with Crippen LogP contribution in [0.2, 0.25) is 0 Å². The molecule has 134 valence electrons. The van der Waals surface area contributed by atoms with Crippen molar-refractivity contribution in [3.8, 4) is 0 Å². The third-order valence-corrected chi connectivity index (χ3v) is 9.07. The fraction of sp³-hybridized carbons (Fsp3) is 0.900. The molecular weight excluding hydrogens is 304 g/mol. The minimum atomic E-state index is -0.920. The lowest BCUT2D eigenvalue weighted by atomic mass is 9.47. The lowest BCUT2D eigenvalue weighted by Gasteiger charge is -2.58. The van der Waals surface area contributed by atoms with Crippen LogP contribution in [0.25, 0.3) is 0 Å². The average Bonchev–Trinajstić information content (AvgIpc) is 2.88. The van der Waals surface area contributed by atoms with Gasteiger partial charge in [-0.05, 0) is 80.0 Å². The van der Waals surface area contributed by atoms with Crippen LogP contribution in [-0.2, 0) is 9.59 Å². The average molecular weight is 334 g/mol. The molecule has 0 bridgehead atoms. The summed E-state index contributed by atoms with van der Waals surface area (Å²) < 4.78 is 0. The zero-order valence-electron chi connectivity index (χ0n) is 15.0. The number of carbonyl (C=O) groups excluding carboxylic acids is 1. The Balaban J connectivity index is 1.68. The topological polar surface area (TPSA) is 74.6 Å². The van der Waals surface area contributed by atoms with Gasteiger partial charge in [-0.15, -0.1) is 0 Å². The molecule has 4 saturated carbocycles. The summed E-state index contributed by atoms with van der Waals surface area (Å²) >= 11 is 0. The number of ketones is 1. The molecular formula is C20H30O4. The first-order valence-electron chi connectivity index (χ1n) is 9.60. The zero-order chi connectivity index (χ0) is 17.5. The first kappa shape index (κ1) is 16.6. The summed E-state index contributed by atoms with van der Waals surface area (Å²) in [5.41, 5.74) is -0.763. The van der Waals surface area contributed by atoms with Crippen molar-refractivity contribution in [1.29, 1.82) is 0 Å². The van der Waals surface area contributed by atoms with E-state index in [1.807, 2.05) is 6.92 Å². The van der Waals surface area contributed by atoms with Gasteiger partial charge in [0.15, 0.2) is 0 Å². The summed E-state index contributed by atoms with van der Waals surface area (Å²) in [7, 11) is 0. The molecule has 24 heavy (non-hydrogen) atoms. The summed E-state index contributed by atoms with van der Waals surface area (Å²) in [6.07, 6.45) is 6.29. The summed E-state index contributed by atoms with van der Waals surface area (Å²) in [6.45, 7) is 6.44. The van der Waals surface area contributed by atoms with Crippen LogP contribution < -0.4 is 0 Å². The monoisotopic (exact) mass is 334 g/mol. The Morgan fingerprint density at radius 2 is 1.67 bits per heavy atom. The Hall–Kier alpha value is -0.900. The first-order chi connectivity index (χ1) is 11.1. The number of Topliss-reactive ketones (excluding diaryl/α,β-unsaturated/α-hetero) is 1. The van der Waals surface area contributed by atoms with Crippen LogP contribution in [0.4, 0.5) is 0 Å². The second-order valence-corrected chi connectivity index (χ2v) is 9.79. The maximum atomic E-state index is 12.4. The standard InChI is InChI=1S/C20H30O4/c1-18-10-15(21)16(17(22)23)14(18)5-4-11-12(18)6-8-19(2)13(11)7-9-20(19,3)24/h11-14,16,24H,4-10H2,1-3H3,(H,22,23)/t11-,12+,13+,14+,16?,18-,19+,20+/m1/s1. The molecule has 0 heterocycles. The van der Waals surface area contributed by atoms with Crippen molar-refractivity contribution < 1.29 is 19.8 Å². The molecule has 4 rings (SSSR count). The van der Waals surface area contributed by atoms with Gasteiger partial charge in [-0.25, -0.2) is 0 Å². The van der Waals surface area contributed by atoms with Gasteiger partial charge in [0.1, 0.15) is 11.7 Å². The van der Waals surface area contributed by atoms with Crippen molar-refractivity contribution in [3.63, 3.8) is 0 Å². The van der Waals surface area contributed by atoms with Crippen LogP contribution in [0.5, 0.6) is 0 Å². The Kier molecular flexibility index (Phi) is 3.34. The molecule has 8 atom stereocenters. The van der Waals surface area contributed by atoms with Gasteiger partial charge in [-0.1, -0.05) is 13.8 Å². The van der Waals surface area contributed by atoms with E-state index in [1.54, 1.807) is 0 Å². The highest BCUT2D eigenvalue weighted by Gasteiger charge is 2.66. The minimum absolute atomic E-state index is 0.00928. The molecule has 0 aliphatic heterocycles. The van der Waals surface area contributed by atoms with E-state index in [9.17, 15) is 19.8 Å². The third-order valence-electron chi connectivity index (χ3n) is 9.07. The van der Waals surface area contributed by atoms with E-state index < -0.39 is 17.5 Å². The van der Waals surface area contributed by atoms with Crippen LogP contribution in [0.1, 0.15) is 65.7 Å². The Morgan fingerprint density at radius 1 is 1.00 bits per heavy atom. The smallest absolute Gasteiger partial charge is 0.314 e. The van der Waals surface area contributed by atoms with Crippen LogP contribution in [0.15, 0.2) is 0 Å². The number of carboxylic acids is 1. The number of hydrogen-bond acceptors (Lipinski definition) is 3. The predicted octanol–water partition coefficient (Wildman–Crippen LogP) is 3.27. The van der Waals surface area contributed by atoms with Gasteiger partial charge < -0.3 is 10.2 Å². The van der Waals surface area contributed by atoms with E-state index >= 15 is 0 Å². The number of hydrogen-bond donors (Lipinski definition) is 2. The van der Waals surface area contributed by atoms with Crippen molar-refractivity contribution in [2.45, 2.75) is 71.3 Å². The van der Waals surface area contributed by atoms with E-state index in [0.717, 1.165) is 38.5 Å². The number of aliphatic hydroxyl groups is 1. The number of rotatable bonds is 1. The lowest BCUT2D eigenvalue weighted by molar-refractivity contribution is -0.152. The highest BCUT2D eigenvalue weighted by molar-refractivity contribution is 6.01.